The van der Waals surface area contributed by atoms with Crippen molar-refractivity contribution >= 4 is 6.03 Å². The highest BCUT2D eigenvalue weighted by Crippen LogP contribution is 2.26. The van der Waals surface area contributed by atoms with E-state index >= 15 is 0 Å². The minimum atomic E-state index is -0.132. The van der Waals surface area contributed by atoms with E-state index in [-0.39, 0.29) is 6.03 Å². The van der Waals surface area contributed by atoms with Gasteiger partial charge in [0.2, 0.25) is 0 Å². The lowest BCUT2D eigenvalue weighted by atomic mass is 9.97. The van der Waals surface area contributed by atoms with Gasteiger partial charge in [0.15, 0.2) is 0 Å². The maximum Gasteiger partial charge on any atom is 0.314 e. The number of aryl methyl sites for hydroxylation is 1. The summed E-state index contributed by atoms with van der Waals surface area (Å²) in [5.74, 6) is 1.28. The smallest absolute Gasteiger partial charge is 0.314 e. The van der Waals surface area contributed by atoms with Crippen molar-refractivity contribution in [3.05, 3.63) is 47.8 Å². The number of para-hydroxylation sites is 1. The Kier molecular flexibility index (Phi) is 4.80. The number of carbonyl (C=O) groups is 1. The van der Waals surface area contributed by atoms with E-state index in [2.05, 4.69) is 21.8 Å². The van der Waals surface area contributed by atoms with Gasteiger partial charge in [0, 0.05) is 32.3 Å². The third kappa shape index (κ3) is 4.25. The van der Waals surface area contributed by atoms with Gasteiger partial charge in [-0.1, -0.05) is 18.2 Å². The van der Waals surface area contributed by atoms with E-state index in [0.29, 0.717) is 25.6 Å². The predicted molar refractivity (Wildman–Crippen MR) is 87.4 cm³/mol. The second-order valence-electron chi connectivity index (χ2n) is 5.90. The molecule has 0 radical (unpaired) electrons. The van der Waals surface area contributed by atoms with Crippen LogP contribution in [-0.4, -0.2) is 35.5 Å². The molecular formula is C17H22N4O2. The topological polar surface area (TPSA) is 68.2 Å². The van der Waals surface area contributed by atoms with Gasteiger partial charge in [-0.05, 0) is 30.0 Å². The van der Waals surface area contributed by atoms with Crippen molar-refractivity contribution in [2.75, 3.05) is 19.7 Å². The van der Waals surface area contributed by atoms with Crippen molar-refractivity contribution in [3.63, 3.8) is 0 Å². The number of amides is 2. The molecule has 2 heterocycles. The van der Waals surface area contributed by atoms with Crippen LogP contribution < -0.4 is 15.4 Å². The van der Waals surface area contributed by atoms with Crippen LogP contribution in [-0.2, 0) is 19.9 Å². The molecule has 1 aromatic carbocycles. The zero-order chi connectivity index (χ0) is 16.1. The first-order valence-electron chi connectivity index (χ1n) is 7.90. The Balaban J connectivity index is 1.36. The van der Waals surface area contributed by atoms with E-state index in [4.69, 9.17) is 4.74 Å². The molecule has 0 fully saturated rings. The Hall–Kier alpha value is -2.50. The van der Waals surface area contributed by atoms with Crippen LogP contribution >= 0.6 is 0 Å². The minimum absolute atomic E-state index is 0.132. The van der Waals surface area contributed by atoms with Gasteiger partial charge >= 0.3 is 6.03 Å². The van der Waals surface area contributed by atoms with Crippen LogP contribution in [0, 0.1) is 5.92 Å². The summed E-state index contributed by atoms with van der Waals surface area (Å²) in [6.45, 7) is 1.86. The standard InChI is InChI=1S/C17H22N4O2/c1-21-11-13(10-20-21)6-7-18-17(22)19-9-14-8-15-4-2-3-5-16(15)23-12-14/h2-5,10-11,14H,6-9,12H2,1H3,(H2,18,19,22). The first-order chi connectivity index (χ1) is 11.2. The number of hydrogen-bond donors (Lipinski definition) is 2. The first kappa shape index (κ1) is 15.4. The quantitative estimate of drug-likeness (QED) is 0.879. The van der Waals surface area contributed by atoms with Crippen molar-refractivity contribution < 1.29 is 9.53 Å². The fraction of sp³-hybridized carbons (Fsp3) is 0.412. The maximum absolute atomic E-state index is 11.8. The SMILES string of the molecule is Cn1cc(CCNC(=O)NCC2COc3ccccc3C2)cn1. The molecule has 0 bridgehead atoms. The second-order valence-corrected chi connectivity index (χ2v) is 5.90. The average molecular weight is 314 g/mol. The normalized spacial score (nSPS) is 16.3. The van der Waals surface area contributed by atoms with Crippen LogP contribution in [0.5, 0.6) is 5.75 Å². The molecule has 1 aliphatic heterocycles. The number of nitrogens with one attached hydrogen (secondary N) is 2. The number of fused-ring (bicyclic) bond motifs is 1. The number of nitrogens with zero attached hydrogens (tertiary/aromatic N) is 2. The summed E-state index contributed by atoms with van der Waals surface area (Å²) in [7, 11) is 1.88. The average Bonchev–Trinajstić information content (AvgIpc) is 2.98. The molecule has 0 spiro atoms. The molecule has 1 aromatic heterocycles. The highest BCUT2D eigenvalue weighted by Gasteiger charge is 2.19. The Morgan fingerprint density at radius 2 is 2.26 bits per heavy atom. The fourth-order valence-electron chi connectivity index (χ4n) is 2.74. The molecule has 2 aromatic rings. The van der Waals surface area contributed by atoms with Crippen LogP contribution in [0.1, 0.15) is 11.1 Å². The third-order valence-electron chi connectivity index (χ3n) is 3.96. The molecule has 6 nitrogen and oxygen atoms in total. The van der Waals surface area contributed by atoms with Crippen molar-refractivity contribution in [1.82, 2.24) is 20.4 Å². The molecule has 2 amide bonds. The predicted octanol–water partition coefficient (Wildman–Crippen LogP) is 1.51. The summed E-state index contributed by atoms with van der Waals surface area (Å²) in [4.78, 5) is 11.8. The van der Waals surface area contributed by atoms with E-state index in [9.17, 15) is 4.79 Å². The molecule has 122 valence electrons. The summed E-state index contributed by atoms with van der Waals surface area (Å²) in [5, 5.41) is 9.90. The van der Waals surface area contributed by atoms with Crippen LogP contribution in [0.25, 0.3) is 0 Å². The van der Waals surface area contributed by atoms with Crippen LogP contribution in [0.2, 0.25) is 0 Å². The van der Waals surface area contributed by atoms with Crippen molar-refractivity contribution in [2.45, 2.75) is 12.8 Å². The van der Waals surface area contributed by atoms with E-state index in [0.717, 1.165) is 24.2 Å². The van der Waals surface area contributed by atoms with Crippen molar-refractivity contribution in [2.24, 2.45) is 13.0 Å². The van der Waals surface area contributed by atoms with Gasteiger partial charge in [-0.3, -0.25) is 4.68 Å². The molecule has 2 N–H and O–H groups in total. The molecule has 1 unspecified atom stereocenters. The molecule has 1 atom stereocenters. The number of benzene rings is 1. The molecule has 6 heteroatoms. The molecule has 0 saturated heterocycles. The van der Waals surface area contributed by atoms with Gasteiger partial charge in [0.25, 0.3) is 0 Å². The van der Waals surface area contributed by atoms with Gasteiger partial charge in [-0.25, -0.2) is 4.79 Å². The first-order valence-corrected chi connectivity index (χ1v) is 7.90. The van der Waals surface area contributed by atoms with Gasteiger partial charge in [0.05, 0.1) is 12.8 Å². The van der Waals surface area contributed by atoms with Crippen molar-refractivity contribution in [1.29, 1.82) is 0 Å². The van der Waals surface area contributed by atoms with Crippen LogP contribution in [0.3, 0.4) is 0 Å². The Morgan fingerprint density at radius 3 is 3.09 bits per heavy atom. The number of ether oxygens (including phenoxy) is 1. The van der Waals surface area contributed by atoms with E-state index in [1.165, 1.54) is 5.56 Å². The fourth-order valence-corrected chi connectivity index (χ4v) is 2.74. The number of urea groups is 1. The summed E-state index contributed by atoms with van der Waals surface area (Å²) >= 11 is 0. The lowest BCUT2D eigenvalue weighted by Gasteiger charge is -2.25. The summed E-state index contributed by atoms with van der Waals surface area (Å²) < 4.78 is 7.49. The number of rotatable bonds is 5. The molecule has 3 rings (SSSR count). The number of carbonyl (C=O) groups excluding carboxylic acids is 1. The number of hydrogen-bond acceptors (Lipinski definition) is 3. The minimum Gasteiger partial charge on any atom is -0.493 e. The zero-order valence-corrected chi connectivity index (χ0v) is 13.3. The Bertz CT molecular complexity index is 668. The second kappa shape index (κ2) is 7.17. The van der Waals surface area contributed by atoms with Gasteiger partial charge < -0.3 is 15.4 Å². The molecule has 1 aliphatic rings. The van der Waals surface area contributed by atoms with E-state index in [1.807, 2.05) is 37.6 Å². The Morgan fingerprint density at radius 1 is 1.39 bits per heavy atom. The molecule has 23 heavy (non-hydrogen) atoms. The largest absolute Gasteiger partial charge is 0.493 e. The van der Waals surface area contributed by atoms with Gasteiger partial charge in [-0.2, -0.15) is 5.10 Å². The van der Waals surface area contributed by atoms with E-state index in [1.54, 1.807) is 4.68 Å². The molecule has 0 saturated carbocycles. The van der Waals surface area contributed by atoms with Gasteiger partial charge in [0.1, 0.15) is 5.75 Å². The van der Waals surface area contributed by atoms with E-state index < -0.39 is 0 Å². The highest BCUT2D eigenvalue weighted by atomic mass is 16.5. The summed E-state index contributed by atoms with van der Waals surface area (Å²) in [6, 6.07) is 7.93. The molecular weight excluding hydrogens is 292 g/mol. The summed E-state index contributed by atoms with van der Waals surface area (Å²) in [6.07, 6.45) is 5.49. The summed E-state index contributed by atoms with van der Waals surface area (Å²) in [5.41, 5.74) is 2.33. The lowest BCUT2D eigenvalue weighted by Crippen LogP contribution is -2.41. The lowest BCUT2D eigenvalue weighted by molar-refractivity contribution is 0.211. The zero-order valence-electron chi connectivity index (χ0n) is 13.3. The number of aromatic nitrogens is 2. The Labute approximate surface area is 135 Å². The highest BCUT2D eigenvalue weighted by molar-refractivity contribution is 5.73. The third-order valence-corrected chi connectivity index (χ3v) is 3.96. The monoisotopic (exact) mass is 314 g/mol. The van der Waals surface area contributed by atoms with Gasteiger partial charge in [-0.15, -0.1) is 0 Å². The van der Waals surface area contributed by atoms with Crippen molar-refractivity contribution in [3.8, 4) is 5.75 Å². The maximum atomic E-state index is 11.8. The molecule has 0 aliphatic carbocycles. The van der Waals surface area contributed by atoms with Crippen LogP contribution in [0.15, 0.2) is 36.7 Å². The van der Waals surface area contributed by atoms with Crippen LogP contribution in [0.4, 0.5) is 4.79 Å².